The van der Waals surface area contributed by atoms with E-state index in [1.807, 2.05) is 6.07 Å². The van der Waals surface area contributed by atoms with E-state index >= 15 is 0 Å². The highest BCUT2D eigenvalue weighted by Crippen LogP contribution is 2.32. The Balaban J connectivity index is 3.11. The molecule has 0 aromatic heterocycles. The van der Waals surface area contributed by atoms with Crippen molar-refractivity contribution in [2.24, 2.45) is 11.1 Å². The second-order valence-corrected chi connectivity index (χ2v) is 7.23. The fraction of sp³-hybridized carbons (Fsp3) is 0.647. The van der Waals surface area contributed by atoms with Crippen molar-refractivity contribution >= 4 is 17.3 Å². The van der Waals surface area contributed by atoms with E-state index in [-0.39, 0.29) is 11.5 Å². The van der Waals surface area contributed by atoms with Crippen LogP contribution in [0.1, 0.15) is 46.6 Å². The van der Waals surface area contributed by atoms with E-state index in [0.29, 0.717) is 6.04 Å². The molecule has 2 nitrogen and oxygen atoms in total. The van der Waals surface area contributed by atoms with Gasteiger partial charge in [-0.25, -0.2) is 0 Å². The molecule has 0 aliphatic heterocycles. The van der Waals surface area contributed by atoms with Gasteiger partial charge < -0.3 is 10.6 Å². The molecule has 0 heterocycles. The molecule has 0 spiro atoms. The van der Waals surface area contributed by atoms with Gasteiger partial charge >= 0.3 is 0 Å². The largest absolute Gasteiger partial charge is 0.371 e. The molecule has 3 heteroatoms. The Kier molecular flexibility index (Phi) is 5.91. The lowest BCUT2D eigenvalue weighted by atomic mass is 9.86. The highest BCUT2D eigenvalue weighted by molar-refractivity contribution is 6.30. The highest BCUT2D eigenvalue weighted by atomic mass is 35.5. The molecule has 1 aromatic rings. The van der Waals surface area contributed by atoms with Crippen LogP contribution in [-0.2, 0) is 6.42 Å². The molecule has 0 radical (unpaired) electrons. The normalized spacial score (nSPS) is 15.0. The summed E-state index contributed by atoms with van der Waals surface area (Å²) < 4.78 is 0. The topological polar surface area (TPSA) is 29.3 Å². The number of hydrogen-bond donors (Lipinski definition) is 1. The Morgan fingerprint density at radius 3 is 2.40 bits per heavy atom. The monoisotopic (exact) mass is 296 g/mol. The van der Waals surface area contributed by atoms with Crippen LogP contribution < -0.4 is 10.6 Å². The van der Waals surface area contributed by atoms with Gasteiger partial charge in [-0.1, -0.05) is 45.4 Å². The summed E-state index contributed by atoms with van der Waals surface area (Å²) in [5, 5.41) is 0.779. The Hall–Kier alpha value is -0.730. The van der Waals surface area contributed by atoms with Crippen LogP contribution >= 0.6 is 11.6 Å². The lowest BCUT2D eigenvalue weighted by Gasteiger charge is -2.38. The number of rotatable bonds is 5. The van der Waals surface area contributed by atoms with Crippen molar-refractivity contribution in [2.75, 3.05) is 11.9 Å². The third-order valence-electron chi connectivity index (χ3n) is 4.27. The molecule has 0 aliphatic carbocycles. The zero-order chi connectivity index (χ0) is 15.5. The summed E-state index contributed by atoms with van der Waals surface area (Å²) in [5.41, 5.74) is 8.81. The average molecular weight is 297 g/mol. The van der Waals surface area contributed by atoms with E-state index in [9.17, 15) is 0 Å². The van der Waals surface area contributed by atoms with Gasteiger partial charge in [0.2, 0.25) is 0 Å². The molecule has 0 saturated heterocycles. The van der Waals surface area contributed by atoms with E-state index in [1.54, 1.807) is 0 Å². The SMILES string of the molecule is CCC(N)Cc1ccc(Cl)cc1N(C)C(C)C(C)(C)C. The molecule has 20 heavy (non-hydrogen) atoms. The molecule has 0 aliphatic rings. The summed E-state index contributed by atoms with van der Waals surface area (Å²) in [6.45, 7) is 11.2. The van der Waals surface area contributed by atoms with Gasteiger partial charge in [0.25, 0.3) is 0 Å². The number of halogens is 1. The maximum atomic E-state index is 6.19. The van der Waals surface area contributed by atoms with Crippen LogP contribution in [0.25, 0.3) is 0 Å². The van der Waals surface area contributed by atoms with Crippen LogP contribution in [0, 0.1) is 5.41 Å². The number of nitrogens with zero attached hydrogens (tertiary/aromatic N) is 1. The molecule has 0 saturated carbocycles. The van der Waals surface area contributed by atoms with Gasteiger partial charge in [-0.15, -0.1) is 0 Å². The van der Waals surface area contributed by atoms with Crippen molar-refractivity contribution in [1.29, 1.82) is 0 Å². The molecule has 0 fully saturated rings. The fourth-order valence-electron chi connectivity index (χ4n) is 2.25. The van der Waals surface area contributed by atoms with Crippen molar-refractivity contribution in [1.82, 2.24) is 0 Å². The van der Waals surface area contributed by atoms with Crippen LogP contribution in [-0.4, -0.2) is 19.1 Å². The molecule has 2 N–H and O–H groups in total. The zero-order valence-corrected chi connectivity index (χ0v) is 14.5. The number of benzene rings is 1. The lowest BCUT2D eigenvalue weighted by molar-refractivity contribution is 0.329. The van der Waals surface area contributed by atoms with E-state index < -0.39 is 0 Å². The third-order valence-corrected chi connectivity index (χ3v) is 4.50. The Labute approximate surface area is 129 Å². The standard InChI is InChI=1S/C17H29ClN2/c1-7-15(19)10-13-8-9-14(18)11-16(13)20(6)12(2)17(3,4)5/h8-9,11-12,15H,7,10,19H2,1-6H3. The Morgan fingerprint density at radius 2 is 1.90 bits per heavy atom. The molecule has 0 amide bonds. The summed E-state index contributed by atoms with van der Waals surface area (Å²) in [6.07, 6.45) is 1.88. The number of anilines is 1. The van der Waals surface area contributed by atoms with Crippen LogP contribution in [0.4, 0.5) is 5.69 Å². The van der Waals surface area contributed by atoms with Crippen molar-refractivity contribution in [3.05, 3.63) is 28.8 Å². The Bertz CT molecular complexity index is 437. The minimum absolute atomic E-state index is 0.202. The van der Waals surface area contributed by atoms with E-state index in [1.165, 1.54) is 11.3 Å². The molecule has 114 valence electrons. The summed E-state index contributed by atoms with van der Waals surface area (Å²) in [4.78, 5) is 2.32. The van der Waals surface area contributed by atoms with Gasteiger partial charge in [-0.3, -0.25) is 0 Å². The van der Waals surface area contributed by atoms with Crippen LogP contribution in [0.3, 0.4) is 0 Å². The van der Waals surface area contributed by atoms with Gasteiger partial charge in [0.15, 0.2) is 0 Å². The predicted octanol–water partition coefficient (Wildman–Crippen LogP) is 4.49. The van der Waals surface area contributed by atoms with Crippen molar-refractivity contribution in [3.63, 3.8) is 0 Å². The van der Waals surface area contributed by atoms with Gasteiger partial charge in [0.1, 0.15) is 0 Å². The van der Waals surface area contributed by atoms with Gasteiger partial charge in [0, 0.05) is 29.8 Å². The first-order valence-electron chi connectivity index (χ1n) is 7.43. The molecular formula is C17H29ClN2. The lowest BCUT2D eigenvalue weighted by Crippen LogP contribution is -2.40. The van der Waals surface area contributed by atoms with E-state index in [2.05, 4.69) is 58.7 Å². The Morgan fingerprint density at radius 1 is 1.30 bits per heavy atom. The van der Waals surface area contributed by atoms with Gasteiger partial charge in [-0.2, -0.15) is 0 Å². The van der Waals surface area contributed by atoms with Gasteiger partial charge in [0.05, 0.1) is 0 Å². The van der Waals surface area contributed by atoms with Crippen molar-refractivity contribution in [3.8, 4) is 0 Å². The summed E-state index contributed by atoms with van der Waals surface area (Å²) in [5.74, 6) is 0. The van der Waals surface area contributed by atoms with Crippen LogP contribution in [0.5, 0.6) is 0 Å². The smallest absolute Gasteiger partial charge is 0.0426 e. The minimum Gasteiger partial charge on any atom is -0.371 e. The molecular weight excluding hydrogens is 268 g/mol. The molecule has 2 unspecified atom stereocenters. The molecule has 2 atom stereocenters. The average Bonchev–Trinajstić information content (AvgIpc) is 2.37. The van der Waals surface area contributed by atoms with Crippen molar-refractivity contribution in [2.45, 2.75) is 59.5 Å². The van der Waals surface area contributed by atoms with Crippen LogP contribution in [0.2, 0.25) is 5.02 Å². The molecule has 1 rings (SSSR count). The molecule has 0 bridgehead atoms. The predicted molar refractivity (Wildman–Crippen MR) is 90.7 cm³/mol. The number of nitrogens with two attached hydrogens (primary N) is 1. The van der Waals surface area contributed by atoms with Gasteiger partial charge in [-0.05, 0) is 42.9 Å². The first-order chi connectivity index (χ1) is 9.16. The molecule has 1 aromatic carbocycles. The van der Waals surface area contributed by atoms with E-state index in [4.69, 9.17) is 17.3 Å². The highest BCUT2D eigenvalue weighted by Gasteiger charge is 2.25. The third kappa shape index (κ3) is 4.39. The minimum atomic E-state index is 0.202. The first-order valence-corrected chi connectivity index (χ1v) is 7.81. The maximum Gasteiger partial charge on any atom is 0.0426 e. The van der Waals surface area contributed by atoms with Crippen molar-refractivity contribution < 1.29 is 0 Å². The van der Waals surface area contributed by atoms with E-state index in [0.717, 1.165) is 17.9 Å². The zero-order valence-electron chi connectivity index (χ0n) is 13.7. The van der Waals surface area contributed by atoms with Crippen LogP contribution in [0.15, 0.2) is 18.2 Å². The maximum absolute atomic E-state index is 6.19. The number of hydrogen-bond acceptors (Lipinski definition) is 2. The summed E-state index contributed by atoms with van der Waals surface area (Å²) in [7, 11) is 2.14. The quantitative estimate of drug-likeness (QED) is 0.867. The summed E-state index contributed by atoms with van der Waals surface area (Å²) in [6, 6.07) is 6.74. The summed E-state index contributed by atoms with van der Waals surface area (Å²) >= 11 is 6.19. The second-order valence-electron chi connectivity index (χ2n) is 6.80. The first kappa shape index (κ1) is 17.3. The fourth-order valence-corrected chi connectivity index (χ4v) is 2.42. The second kappa shape index (κ2) is 6.82.